The van der Waals surface area contributed by atoms with E-state index in [4.69, 9.17) is 4.74 Å². The van der Waals surface area contributed by atoms with Gasteiger partial charge >= 0.3 is 0 Å². The maximum Gasteiger partial charge on any atom is 0.169 e. The number of alkyl halides is 1. The zero-order valence-electron chi connectivity index (χ0n) is 8.77. The second kappa shape index (κ2) is 6.55. The minimum Gasteiger partial charge on any atom is -0.489 e. The third-order valence-corrected chi connectivity index (χ3v) is 3.73. The van der Waals surface area contributed by atoms with Crippen LogP contribution in [0.15, 0.2) is 16.6 Å². The molecule has 0 heterocycles. The lowest BCUT2D eigenvalue weighted by Gasteiger charge is -2.14. The fourth-order valence-corrected chi connectivity index (χ4v) is 2.31. The summed E-state index contributed by atoms with van der Waals surface area (Å²) in [5, 5.41) is 0.796. The van der Waals surface area contributed by atoms with Crippen LogP contribution in [-0.4, -0.2) is 11.9 Å². The first-order valence-electron chi connectivity index (χ1n) is 4.91. The van der Waals surface area contributed by atoms with Gasteiger partial charge in [0, 0.05) is 17.3 Å². The van der Waals surface area contributed by atoms with Gasteiger partial charge in [0.15, 0.2) is 11.6 Å². The molecular formula is C11H12Br2F2O. The maximum absolute atomic E-state index is 13.4. The van der Waals surface area contributed by atoms with Crippen molar-refractivity contribution >= 4 is 31.9 Å². The van der Waals surface area contributed by atoms with Crippen LogP contribution in [0.4, 0.5) is 8.78 Å². The van der Waals surface area contributed by atoms with Crippen LogP contribution in [0.1, 0.15) is 13.3 Å². The van der Waals surface area contributed by atoms with E-state index in [1.165, 1.54) is 6.07 Å². The Labute approximate surface area is 110 Å². The molecule has 5 heteroatoms. The topological polar surface area (TPSA) is 9.23 Å². The van der Waals surface area contributed by atoms with Crippen LogP contribution in [0.25, 0.3) is 0 Å². The van der Waals surface area contributed by atoms with Gasteiger partial charge in [0.1, 0.15) is 5.82 Å². The van der Waals surface area contributed by atoms with Crippen molar-refractivity contribution < 1.29 is 13.5 Å². The molecule has 0 aliphatic rings. The molecule has 0 aromatic heterocycles. The Kier molecular flexibility index (Phi) is 5.69. The van der Waals surface area contributed by atoms with Gasteiger partial charge < -0.3 is 4.74 Å². The van der Waals surface area contributed by atoms with Gasteiger partial charge in [-0.15, -0.1) is 0 Å². The lowest BCUT2D eigenvalue weighted by atomic mass is 10.1. The Morgan fingerprint density at radius 2 is 2.06 bits per heavy atom. The van der Waals surface area contributed by atoms with Crippen molar-refractivity contribution in [3.8, 4) is 5.75 Å². The van der Waals surface area contributed by atoms with Crippen LogP contribution in [0.5, 0.6) is 5.75 Å². The van der Waals surface area contributed by atoms with E-state index in [-0.39, 0.29) is 5.75 Å². The predicted octanol–water partition coefficient (Wildman–Crippen LogP) is 4.53. The van der Waals surface area contributed by atoms with Crippen molar-refractivity contribution in [3.63, 3.8) is 0 Å². The number of benzene rings is 1. The van der Waals surface area contributed by atoms with E-state index in [1.807, 2.05) is 6.92 Å². The van der Waals surface area contributed by atoms with E-state index in [0.29, 0.717) is 17.0 Å². The largest absolute Gasteiger partial charge is 0.489 e. The van der Waals surface area contributed by atoms with Gasteiger partial charge in [0.05, 0.1) is 11.1 Å². The van der Waals surface area contributed by atoms with Crippen molar-refractivity contribution in [2.24, 2.45) is 5.92 Å². The smallest absolute Gasteiger partial charge is 0.169 e. The summed E-state index contributed by atoms with van der Waals surface area (Å²) in [4.78, 5) is 0. The van der Waals surface area contributed by atoms with Crippen LogP contribution in [0.2, 0.25) is 0 Å². The zero-order chi connectivity index (χ0) is 12.1. The van der Waals surface area contributed by atoms with Gasteiger partial charge in [0.2, 0.25) is 0 Å². The second-order valence-electron chi connectivity index (χ2n) is 3.44. The highest BCUT2D eigenvalue weighted by Crippen LogP contribution is 2.29. The van der Waals surface area contributed by atoms with Crippen LogP contribution in [0.3, 0.4) is 0 Å². The number of hydrogen-bond acceptors (Lipinski definition) is 1. The van der Waals surface area contributed by atoms with Gasteiger partial charge in [-0.2, -0.15) is 0 Å². The Balaban J connectivity index is 2.74. The average molecular weight is 358 g/mol. The first-order chi connectivity index (χ1) is 7.58. The number of halogens is 4. The van der Waals surface area contributed by atoms with Crippen molar-refractivity contribution in [2.45, 2.75) is 13.3 Å². The molecule has 90 valence electrons. The van der Waals surface area contributed by atoms with E-state index < -0.39 is 11.6 Å². The van der Waals surface area contributed by atoms with Crippen LogP contribution in [0, 0.1) is 17.6 Å². The molecule has 1 nitrogen and oxygen atoms in total. The van der Waals surface area contributed by atoms with Gasteiger partial charge in [0.25, 0.3) is 0 Å². The predicted molar refractivity (Wildman–Crippen MR) is 67.1 cm³/mol. The minimum atomic E-state index is -0.684. The number of ether oxygens (including phenoxy) is 1. The molecule has 0 N–H and O–H groups in total. The number of hydrogen-bond donors (Lipinski definition) is 0. The Bertz CT molecular complexity index is 331. The molecule has 0 saturated heterocycles. The Morgan fingerprint density at radius 3 is 2.56 bits per heavy atom. The molecule has 1 unspecified atom stereocenters. The standard InChI is InChI=1S/C11H12Br2F2O/c1-2-7(5-12)6-16-11-9(13)3-8(14)4-10(11)15/h3-4,7H,2,5-6H2,1H3. The summed E-state index contributed by atoms with van der Waals surface area (Å²) in [6, 6.07) is 2.00. The summed E-state index contributed by atoms with van der Waals surface area (Å²) in [6.45, 7) is 2.44. The summed E-state index contributed by atoms with van der Waals surface area (Å²) >= 11 is 6.43. The molecule has 0 bridgehead atoms. The summed E-state index contributed by atoms with van der Waals surface area (Å²) in [6.07, 6.45) is 0.936. The van der Waals surface area contributed by atoms with E-state index in [1.54, 1.807) is 0 Å². The van der Waals surface area contributed by atoms with Gasteiger partial charge in [-0.25, -0.2) is 8.78 Å². The highest BCUT2D eigenvalue weighted by atomic mass is 79.9. The monoisotopic (exact) mass is 356 g/mol. The van der Waals surface area contributed by atoms with Crippen molar-refractivity contribution in [3.05, 3.63) is 28.2 Å². The Hall–Kier alpha value is -0.160. The van der Waals surface area contributed by atoms with Gasteiger partial charge in [-0.05, 0) is 28.4 Å². The molecule has 0 spiro atoms. The molecule has 0 fully saturated rings. The van der Waals surface area contributed by atoms with E-state index >= 15 is 0 Å². The fourth-order valence-electron chi connectivity index (χ4n) is 1.14. The second-order valence-corrected chi connectivity index (χ2v) is 4.94. The highest BCUT2D eigenvalue weighted by molar-refractivity contribution is 9.10. The third-order valence-electron chi connectivity index (χ3n) is 2.22. The molecule has 1 atom stereocenters. The molecule has 0 aliphatic heterocycles. The molecule has 0 radical (unpaired) electrons. The number of rotatable bonds is 5. The minimum absolute atomic E-state index is 0.0702. The fraction of sp³-hybridized carbons (Fsp3) is 0.455. The first-order valence-corrected chi connectivity index (χ1v) is 6.83. The summed E-state index contributed by atoms with van der Waals surface area (Å²) < 4.78 is 31.8. The van der Waals surface area contributed by atoms with Crippen LogP contribution < -0.4 is 4.74 Å². The lowest BCUT2D eigenvalue weighted by Crippen LogP contribution is -2.13. The Morgan fingerprint density at radius 1 is 1.38 bits per heavy atom. The molecule has 0 aliphatic carbocycles. The maximum atomic E-state index is 13.4. The highest BCUT2D eigenvalue weighted by Gasteiger charge is 2.13. The van der Waals surface area contributed by atoms with E-state index in [9.17, 15) is 8.78 Å². The summed E-state index contributed by atoms with van der Waals surface area (Å²) in [7, 11) is 0. The average Bonchev–Trinajstić information content (AvgIpc) is 2.22. The third kappa shape index (κ3) is 3.70. The van der Waals surface area contributed by atoms with Gasteiger partial charge in [-0.3, -0.25) is 0 Å². The van der Waals surface area contributed by atoms with Crippen LogP contribution in [-0.2, 0) is 0 Å². The molecular weight excluding hydrogens is 346 g/mol. The van der Waals surface area contributed by atoms with E-state index in [2.05, 4.69) is 31.9 Å². The van der Waals surface area contributed by atoms with Crippen molar-refractivity contribution in [1.29, 1.82) is 0 Å². The molecule has 0 saturated carbocycles. The molecule has 16 heavy (non-hydrogen) atoms. The normalized spacial score (nSPS) is 12.6. The molecule has 1 aromatic carbocycles. The molecule has 1 rings (SSSR count). The lowest BCUT2D eigenvalue weighted by molar-refractivity contribution is 0.247. The SMILES string of the molecule is CCC(CBr)COc1c(F)cc(F)cc1Br. The molecule has 1 aromatic rings. The quantitative estimate of drug-likeness (QED) is 0.703. The van der Waals surface area contributed by atoms with Crippen molar-refractivity contribution in [2.75, 3.05) is 11.9 Å². The summed E-state index contributed by atoms with van der Waals surface area (Å²) in [5.41, 5.74) is 0. The van der Waals surface area contributed by atoms with Crippen molar-refractivity contribution in [1.82, 2.24) is 0 Å². The van der Waals surface area contributed by atoms with Gasteiger partial charge in [-0.1, -0.05) is 22.9 Å². The van der Waals surface area contributed by atoms with Crippen LogP contribution >= 0.6 is 31.9 Å². The molecule has 0 amide bonds. The zero-order valence-corrected chi connectivity index (χ0v) is 11.9. The summed E-state index contributed by atoms with van der Waals surface area (Å²) in [5.74, 6) is -0.919. The van der Waals surface area contributed by atoms with E-state index in [0.717, 1.165) is 17.8 Å². The first kappa shape index (κ1) is 13.9.